The van der Waals surface area contributed by atoms with Gasteiger partial charge in [0, 0.05) is 47.2 Å². The number of carbonyl (C=O) groups is 1. The quantitative estimate of drug-likeness (QED) is 0.202. The molecule has 0 saturated carbocycles. The second-order valence-electron chi connectivity index (χ2n) is 9.34. The van der Waals surface area contributed by atoms with Gasteiger partial charge in [-0.2, -0.15) is 0 Å². The van der Waals surface area contributed by atoms with Gasteiger partial charge in [-0.05, 0) is 48.5 Å². The number of aliphatic hydroxyl groups is 1. The van der Waals surface area contributed by atoms with Gasteiger partial charge in [0.25, 0.3) is 5.91 Å². The molecule has 0 radical (unpaired) electrons. The van der Waals surface area contributed by atoms with E-state index in [2.05, 4.69) is 11.9 Å². The third-order valence-corrected chi connectivity index (χ3v) is 8.83. The Morgan fingerprint density at radius 1 is 1.12 bits per heavy atom. The van der Waals surface area contributed by atoms with Crippen LogP contribution >= 0.6 is 23.2 Å². The molecule has 216 valence electrons. The molecule has 1 amide bonds. The first-order chi connectivity index (χ1) is 19.7. The van der Waals surface area contributed by atoms with E-state index in [0.29, 0.717) is 34.9 Å². The number of hydrogen-bond donors (Lipinski definition) is 2. The Morgan fingerprint density at radius 3 is 2.51 bits per heavy atom. The van der Waals surface area contributed by atoms with Crippen molar-refractivity contribution in [2.24, 2.45) is 4.99 Å². The molecule has 0 saturated heterocycles. The van der Waals surface area contributed by atoms with Gasteiger partial charge < -0.3 is 19.9 Å². The molecule has 0 aromatic heterocycles. The van der Waals surface area contributed by atoms with E-state index in [1.54, 1.807) is 54.6 Å². The Balaban J connectivity index is 1.78. The second kappa shape index (κ2) is 13.5. The number of aliphatic imine (C=N–C) groups is 1. The predicted molar refractivity (Wildman–Crippen MR) is 160 cm³/mol. The van der Waals surface area contributed by atoms with Crippen molar-refractivity contribution < 1.29 is 27.8 Å². The van der Waals surface area contributed by atoms with Gasteiger partial charge in [-0.15, -0.1) is 6.58 Å². The zero-order valence-corrected chi connectivity index (χ0v) is 24.5. The lowest BCUT2D eigenvalue weighted by molar-refractivity contribution is -0.128. The molecule has 41 heavy (non-hydrogen) atoms. The van der Waals surface area contributed by atoms with E-state index in [0.717, 1.165) is 0 Å². The molecule has 3 aromatic carbocycles. The first-order valence-electron chi connectivity index (χ1n) is 12.9. The maximum Gasteiger partial charge on any atom is 0.252 e. The minimum absolute atomic E-state index is 0.0212. The molecule has 0 spiro atoms. The summed E-state index contributed by atoms with van der Waals surface area (Å²) in [6, 6.07) is 19.7. The number of halogens is 2. The Morgan fingerprint density at radius 2 is 1.85 bits per heavy atom. The first-order valence-corrected chi connectivity index (χ1v) is 15.3. The summed E-state index contributed by atoms with van der Waals surface area (Å²) in [6.07, 6.45) is 0.767. The van der Waals surface area contributed by atoms with Crippen molar-refractivity contribution in [2.75, 3.05) is 25.5 Å². The number of aliphatic hydroxyl groups excluding tert-OH is 1. The number of hydrogen-bond acceptors (Lipinski definition) is 7. The normalized spacial score (nSPS) is 18.3. The first kappa shape index (κ1) is 30.6. The molecule has 1 heterocycles. The molecular weight excluding hydrogens is 587 g/mol. The van der Waals surface area contributed by atoms with E-state index >= 15 is 0 Å². The summed E-state index contributed by atoms with van der Waals surface area (Å²) in [4.78, 5) is 18.8. The average Bonchev–Trinajstić information content (AvgIpc) is 3.36. The third kappa shape index (κ3) is 7.11. The Bertz CT molecular complexity index is 1510. The molecular formula is C30H30Cl2N2O6S. The topological polar surface area (TPSA) is 114 Å². The summed E-state index contributed by atoms with van der Waals surface area (Å²) in [6.45, 7) is 4.18. The number of amides is 1. The Labute approximate surface area is 249 Å². The number of rotatable bonds is 13. The Hall–Kier alpha value is -3.37. The van der Waals surface area contributed by atoms with Gasteiger partial charge in [0.15, 0.2) is 21.5 Å². The van der Waals surface area contributed by atoms with E-state index in [9.17, 15) is 13.2 Å². The molecule has 2 N–H and O–H groups in total. The maximum atomic E-state index is 13.9. The largest absolute Gasteiger partial charge is 0.494 e. The van der Waals surface area contributed by atoms with Crippen LogP contribution in [0.15, 0.2) is 95.3 Å². The van der Waals surface area contributed by atoms with Gasteiger partial charge in [-0.1, -0.05) is 53.5 Å². The number of benzene rings is 3. The van der Waals surface area contributed by atoms with Gasteiger partial charge in [0.2, 0.25) is 5.90 Å². The zero-order chi connectivity index (χ0) is 29.5. The monoisotopic (exact) mass is 616 g/mol. The highest BCUT2D eigenvalue weighted by Gasteiger charge is 2.54. The van der Waals surface area contributed by atoms with E-state index < -0.39 is 27.4 Å². The molecule has 8 nitrogen and oxygen atoms in total. The van der Waals surface area contributed by atoms with Gasteiger partial charge >= 0.3 is 0 Å². The summed E-state index contributed by atoms with van der Waals surface area (Å²) in [5.74, 6) is -0.177. The number of nitrogens with one attached hydrogen (secondary N) is 1. The van der Waals surface area contributed by atoms with Crippen LogP contribution in [0.25, 0.3) is 0 Å². The maximum absolute atomic E-state index is 13.9. The van der Waals surface area contributed by atoms with Crippen molar-refractivity contribution in [3.63, 3.8) is 0 Å². The molecule has 2 atom stereocenters. The standard InChI is InChI=1S/C30H30Cl2N2O6S/c1-2-16-33-29(36)30(15-19-41(37,38)24-7-4-3-5-8-24)27(25-14-11-22(31)20-26(25)32)40-28(34-30)21-9-12-23(13-10-21)39-18-6-17-35/h2-5,7-14,20,27,35H,1,6,15-19H2,(H,33,36)/t27-,30-/m1/s1. The van der Waals surface area contributed by atoms with Gasteiger partial charge in [-0.25, -0.2) is 13.4 Å². The molecule has 4 rings (SSSR count). The highest BCUT2D eigenvalue weighted by atomic mass is 35.5. The minimum Gasteiger partial charge on any atom is -0.494 e. The fraction of sp³-hybridized carbons (Fsp3) is 0.267. The average molecular weight is 618 g/mol. The predicted octanol–water partition coefficient (Wildman–Crippen LogP) is 5.18. The summed E-state index contributed by atoms with van der Waals surface area (Å²) in [5, 5.41) is 12.4. The number of nitrogens with zero attached hydrogens (tertiary/aromatic N) is 1. The van der Waals surface area contributed by atoms with Crippen molar-refractivity contribution in [1.82, 2.24) is 5.32 Å². The van der Waals surface area contributed by atoms with Crippen LogP contribution < -0.4 is 10.1 Å². The smallest absolute Gasteiger partial charge is 0.252 e. The van der Waals surface area contributed by atoms with Gasteiger partial charge in [0.1, 0.15) is 5.75 Å². The van der Waals surface area contributed by atoms with Crippen LogP contribution in [0.4, 0.5) is 0 Å². The van der Waals surface area contributed by atoms with Crippen molar-refractivity contribution in [3.8, 4) is 5.75 Å². The van der Waals surface area contributed by atoms with Crippen LogP contribution in [0.2, 0.25) is 10.0 Å². The second-order valence-corrected chi connectivity index (χ2v) is 12.3. The van der Waals surface area contributed by atoms with Crippen molar-refractivity contribution in [1.29, 1.82) is 0 Å². The molecule has 3 aromatic rings. The molecule has 1 aliphatic heterocycles. The van der Waals surface area contributed by atoms with Gasteiger partial charge in [0.05, 0.1) is 17.3 Å². The summed E-state index contributed by atoms with van der Waals surface area (Å²) in [5.41, 5.74) is -0.697. The summed E-state index contributed by atoms with van der Waals surface area (Å²) >= 11 is 12.7. The lowest BCUT2D eigenvalue weighted by atomic mass is 9.85. The molecule has 0 aliphatic carbocycles. The van der Waals surface area contributed by atoms with Crippen molar-refractivity contribution in [2.45, 2.75) is 29.4 Å². The molecule has 1 aliphatic rings. The number of carbonyl (C=O) groups excluding carboxylic acids is 1. The molecule has 0 bridgehead atoms. The highest BCUT2D eigenvalue weighted by Crippen LogP contribution is 2.45. The molecule has 0 unspecified atom stereocenters. The van der Waals surface area contributed by atoms with Crippen LogP contribution in [0, 0.1) is 0 Å². The van der Waals surface area contributed by atoms with Crippen LogP contribution in [0.5, 0.6) is 5.75 Å². The summed E-state index contributed by atoms with van der Waals surface area (Å²) < 4.78 is 38.6. The lowest BCUT2D eigenvalue weighted by Gasteiger charge is -2.31. The molecule has 11 heteroatoms. The van der Waals surface area contributed by atoms with Crippen LogP contribution in [-0.4, -0.2) is 56.4 Å². The van der Waals surface area contributed by atoms with Crippen LogP contribution in [0.3, 0.4) is 0 Å². The Kier molecular flexibility index (Phi) is 10.1. The van der Waals surface area contributed by atoms with Crippen LogP contribution in [0.1, 0.15) is 30.1 Å². The summed E-state index contributed by atoms with van der Waals surface area (Å²) in [7, 11) is -3.77. The van der Waals surface area contributed by atoms with E-state index in [4.69, 9.17) is 42.8 Å². The highest BCUT2D eigenvalue weighted by molar-refractivity contribution is 7.91. The number of sulfone groups is 1. The lowest BCUT2D eigenvalue weighted by Crippen LogP contribution is -2.49. The van der Waals surface area contributed by atoms with Gasteiger partial charge in [-0.3, -0.25) is 4.79 Å². The van der Waals surface area contributed by atoms with Crippen LogP contribution in [-0.2, 0) is 19.4 Å². The fourth-order valence-corrected chi connectivity index (χ4v) is 6.31. The van der Waals surface area contributed by atoms with Crippen molar-refractivity contribution >= 4 is 44.8 Å². The third-order valence-electron chi connectivity index (χ3n) is 6.54. The number of ether oxygens (including phenoxy) is 2. The van der Waals surface area contributed by atoms with E-state index in [1.165, 1.54) is 24.3 Å². The van der Waals surface area contributed by atoms with Crippen molar-refractivity contribution in [3.05, 3.63) is 107 Å². The minimum atomic E-state index is -3.77. The SMILES string of the molecule is C=CCNC(=O)[C@]1(CCS(=O)(=O)c2ccccc2)N=C(c2ccc(OCCCO)cc2)O[C@@H]1c1ccc(Cl)cc1Cl. The van der Waals surface area contributed by atoms with E-state index in [-0.39, 0.29) is 41.1 Å². The molecule has 0 fully saturated rings. The zero-order valence-electron chi connectivity index (χ0n) is 22.1. The fourth-order valence-electron chi connectivity index (χ4n) is 4.42. The van der Waals surface area contributed by atoms with E-state index in [1.807, 2.05) is 0 Å².